The molecular formula is C21H17FN2O6. The SMILES string of the molecule is COc1cc(/C=N\NC(=O)c2cccc(F)c2)ccc1OCc1ccc(C(=O)O)o1. The van der Waals surface area contributed by atoms with Gasteiger partial charge < -0.3 is 19.0 Å². The van der Waals surface area contributed by atoms with Crippen molar-refractivity contribution in [2.45, 2.75) is 6.61 Å². The lowest BCUT2D eigenvalue weighted by atomic mass is 10.2. The molecule has 2 N–H and O–H groups in total. The Hall–Kier alpha value is -4.14. The second-order valence-corrected chi connectivity index (χ2v) is 5.98. The number of hydrogen-bond donors (Lipinski definition) is 2. The molecule has 0 bridgehead atoms. The van der Waals surface area contributed by atoms with Gasteiger partial charge in [-0.25, -0.2) is 14.6 Å². The lowest BCUT2D eigenvalue weighted by Gasteiger charge is -2.10. The summed E-state index contributed by atoms with van der Waals surface area (Å²) in [5.74, 6) is -1.23. The van der Waals surface area contributed by atoms with Crippen LogP contribution in [-0.4, -0.2) is 30.3 Å². The number of methoxy groups -OCH3 is 1. The fraction of sp³-hybridized carbons (Fsp3) is 0.0952. The average Bonchev–Trinajstić information content (AvgIpc) is 3.22. The van der Waals surface area contributed by atoms with Gasteiger partial charge in [-0.1, -0.05) is 6.07 Å². The van der Waals surface area contributed by atoms with Crippen molar-refractivity contribution in [3.8, 4) is 11.5 Å². The summed E-state index contributed by atoms with van der Waals surface area (Å²) < 4.78 is 29.2. The summed E-state index contributed by atoms with van der Waals surface area (Å²) in [6.07, 6.45) is 1.40. The minimum atomic E-state index is -1.16. The van der Waals surface area contributed by atoms with E-state index >= 15 is 0 Å². The molecule has 0 atom stereocenters. The number of hydrogen-bond acceptors (Lipinski definition) is 6. The first-order valence-corrected chi connectivity index (χ1v) is 8.68. The molecule has 9 heteroatoms. The number of carbonyl (C=O) groups excluding carboxylic acids is 1. The number of hydrazone groups is 1. The maximum atomic E-state index is 13.2. The zero-order valence-electron chi connectivity index (χ0n) is 15.8. The monoisotopic (exact) mass is 412 g/mol. The third-order valence-electron chi connectivity index (χ3n) is 3.90. The first kappa shape index (κ1) is 20.6. The van der Waals surface area contributed by atoms with E-state index in [-0.39, 0.29) is 17.9 Å². The molecule has 3 rings (SSSR count). The number of rotatable bonds is 8. The van der Waals surface area contributed by atoms with Gasteiger partial charge >= 0.3 is 5.97 Å². The molecule has 0 radical (unpaired) electrons. The summed E-state index contributed by atoms with van der Waals surface area (Å²) in [5, 5.41) is 12.7. The summed E-state index contributed by atoms with van der Waals surface area (Å²) in [4.78, 5) is 22.8. The largest absolute Gasteiger partial charge is 0.493 e. The number of amides is 1. The van der Waals surface area contributed by atoms with Gasteiger partial charge in [0.05, 0.1) is 13.3 Å². The van der Waals surface area contributed by atoms with E-state index in [1.54, 1.807) is 18.2 Å². The van der Waals surface area contributed by atoms with Crippen molar-refractivity contribution in [1.82, 2.24) is 5.43 Å². The Balaban J connectivity index is 1.62. The summed E-state index contributed by atoms with van der Waals surface area (Å²) in [5.41, 5.74) is 3.08. The number of benzene rings is 2. The molecule has 0 unspecified atom stereocenters. The lowest BCUT2D eigenvalue weighted by molar-refractivity contribution is 0.0657. The predicted molar refractivity (Wildman–Crippen MR) is 104 cm³/mol. The minimum Gasteiger partial charge on any atom is -0.493 e. The zero-order valence-corrected chi connectivity index (χ0v) is 15.8. The lowest BCUT2D eigenvalue weighted by Crippen LogP contribution is -2.17. The Morgan fingerprint density at radius 1 is 1.17 bits per heavy atom. The van der Waals surface area contributed by atoms with E-state index in [0.29, 0.717) is 22.8 Å². The molecule has 0 aliphatic rings. The molecule has 0 saturated heterocycles. The quantitative estimate of drug-likeness (QED) is 0.433. The number of carboxylic acids is 1. The second-order valence-electron chi connectivity index (χ2n) is 5.98. The molecule has 1 aromatic heterocycles. The van der Waals surface area contributed by atoms with E-state index in [9.17, 15) is 14.0 Å². The Morgan fingerprint density at radius 2 is 2.00 bits per heavy atom. The van der Waals surface area contributed by atoms with Gasteiger partial charge in [0.25, 0.3) is 5.91 Å². The molecule has 3 aromatic rings. The molecule has 1 amide bonds. The molecule has 2 aromatic carbocycles. The van der Waals surface area contributed by atoms with Crippen LogP contribution >= 0.6 is 0 Å². The summed E-state index contributed by atoms with van der Waals surface area (Å²) in [7, 11) is 1.46. The highest BCUT2D eigenvalue weighted by atomic mass is 19.1. The molecule has 0 aliphatic heterocycles. The van der Waals surface area contributed by atoms with Crippen LogP contribution in [0.3, 0.4) is 0 Å². The van der Waals surface area contributed by atoms with Crippen molar-refractivity contribution in [3.05, 3.63) is 83.1 Å². The van der Waals surface area contributed by atoms with Gasteiger partial charge in [-0.05, 0) is 54.1 Å². The zero-order chi connectivity index (χ0) is 21.5. The molecule has 154 valence electrons. The predicted octanol–water partition coefficient (Wildman–Crippen LogP) is 3.47. The van der Waals surface area contributed by atoms with Crippen molar-refractivity contribution in [2.75, 3.05) is 7.11 Å². The van der Waals surface area contributed by atoms with Gasteiger partial charge in [-0.2, -0.15) is 5.10 Å². The third-order valence-corrected chi connectivity index (χ3v) is 3.90. The van der Waals surface area contributed by atoms with E-state index in [0.717, 1.165) is 6.07 Å². The number of furan rings is 1. The Morgan fingerprint density at radius 3 is 2.70 bits per heavy atom. The Bertz CT molecular complexity index is 1090. The highest BCUT2D eigenvalue weighted by Gasteiger charge is 2.11. The number of nitrogens with zero attached hydrogens (tertiary/aromatic N) is 1. The van der Waals surface area contributed by atoms with Crippen molar-refractivity contribution >= 4 is 18.1 Å². The number of carbonyl (C=O) groups is 2. The van der Waals surface area contributed by atoms with Gasteiger partial charge in [0.1, 0.15) is 18.2 Å². The summed E-state index contributed by atoms with van der Waals surface area (Å²) >= 11 is 0. The fourth-order valence-corrected chi connectivity index (χ4v) is 2.46. The van der Waals surface area contributed by atoms with E-state index in [1.165, 1.54) is 43.7 Å². The number of ether oxygens (including phenoxy) is 2. The number of halogens is 1. The smallest absolute Gasteiger partial charge is 0.371 e. The third kappa shape index (κ3) is 5.22. The molecule has 0 fully saturated rings. The minimum absolute atomic E-state index is 0.0147. The molecule has 0 saturated carbocycles. The molecule has 0 spiro atoms. The van der Waals surface area contributed by atoms with E-state index < -0.39 is 17.7 Å². The van der Waals surface area contributed by atoms with Crippen LogP contribution in [0.1, 0.15) is 32.2 Å². The van der Waals surface area contributed by atoms with Crippen LogP contribution in [0, 0.1) is 5.82 Å². The topological polar surface area (TPSA) is 110 Å². The summed E-state index contributed by atoms with van der Waals surface area (Å²) in [6, 6.07) is 13.1. The van der Waals surface area contributed by atoms with E-state index in [1.807, 2.05) is 0 Å². The number of carboxylic acid groups (broad SMARTS) is 1. The van der Waals surface area contributed by atoms with Crippen LogP contribution in [0.15, 0.2) is 64.1 Å². The van der Waals surface area contributed by atoms with Crippen LogP contribution in [0.4, 0.5) is 4.39 Å². The van der Waals surface area contributed by atoms with Crippen molar-refractivity contribution in [1.29, 1.82) is 0 Å². The van der Waals surface area contributed by atoms with Gasteiger partial charge in [0.2, 0.25) is 5.76 Å². The van der Waals surface area contributed by atoms with Crippen LogP contribution in [0.25, 0.3) is 0 Å². The van der Waals surface area contributed by atoms with E-state index in [4.69, 9.17) is 19.0 Å². The first-order valence-electron chi connectivity index (χ1n) is 8.68. The van der Waals surface area contributed by atoms with Crippen LogP contribution in [-0.2, 0) is 6.61 Å². The van der Waals surface area contributed by atoms with Crippen molar-refractivity contribution in [2.24, 2.45) is 5.10 Å². The van der Waals surface area contributed by atoms with Gasteiger partial charge in [-0.3, -0.25) is 4.79 Å². The first-order chi connectivity index (χ1) is 14.5. The van der Waals surface area contributed by atoms with Crippen LogP contribution < -0.4 is 14.9 Å². The molecule has 30 heavy (non-hydrogen) atoms. The number of nitrogens with one attached hydrogen (secondary N) is 1. The molecule has 8 nitrogen and oxygen atoms in total. The summed E-state index contributed by atoms with van der Waals surface area (Å²) in [6.45, 7) is 0.0147. The highest BCUT2D eigenvalue weighted by molar-refractivity contribution is 5.94. The van der Waals surface area contributed by atoms with Gasteiger partial charge in [0.15, 0.2) is 11.5 Å². The maximum Gasteiger partial charge on any atom is 0.371 e. The molecule has 1 heterocycles. The Labute approximate surface area is 170 Å². The maximum absolute atomic E-state index is 13.2. The van der Waals surface area contributed by atoms with Gasteiger partial charge in [-0.15, -0.1) is 0 Å². The normalized spacial score (nSPS) is 10.7. The Kier molecular flexibility index (Phi) is 6.43. The molecule has 0 aliphatic carbocycles. The molecular weight excluding hydrogens is 395 g/mol. The van der Waals surface area contributed by atoms with Gasteiger partial charge in [0, 0.05) is 5.56 Å². The average molecular weight is 412 g/mol. The van der Waals surface area contributed by atoms with Crippen LogP contribution in [0.5, 0.6) is 11.5 Å². The standard InChI is InChI=1S/C21H17FN2O6/c1-28-19-9-13(11-23-24-20(25)14-3-2-4-15(22)10-14)5-7-17(19)29-12-16-6-8-18(30-16)21(26)27/h2-11H,12H2,1H3,(H,24,25)(H,26,27)/b23-11-. The van der Waals surface area contributed by atoms with E-state index in [2.05, 4.69) is 10.5 Å². The fourth-order valence-electron chi connectivity index (χ4n) is 2.46. The van der Waals surface area contributed by atoms with Crippen molar-refractivity contribution in [3.63, 3.8) is 0 Å². The van der Waals surface area contributed by atoms with Crippen LogP contribution in [0.2, 0.25) is 0 Å². The van der Waals surface area contributed by atoms with Crippen molar-refractivity contribution < 1.29 is 33.0 Å². The number of aromatic carboxylic acids is 1. The highest BCUT2D eigenvalue weighted by Crippen LogP contribution is 2.28. The second kappa shape index (κ2) is 9.37.